The summed E-state index contributed by atoms with van der Waals surface area (Å²) in [6.45, 7) is 0. The van der Waals surface area contributed by atoms with Gasteiger partial charge in [0.25, 0.3) is 0 Å². The molecule has 6 aromatic rings. The molecule has 266 valence electrons. The average molecular weight is 817 g/mol. The summed E-state index contributed by atoms with van der Waals surface area (Å²) in [6.07, 6.45) is 6.08. The van der Waals surface area contributed by atoms with Gasteiger partial charge in [0, 0.05) is 27.7 Å². The highest BCUT2D eigenvalue weighted by molar-refractivity contribution is 9.10. The molecule has 0 aliphatic rings. The van der Waals surface area contributed by atoms with Gasteiger partial charge in [-0.2, -0.15) is 5.26 Å². The molecule has 0 saturated heterocycles. The van der Waals surface area contributed by atoms with E-state index >= 15 is 0 Å². The van der Waals surface area contributed by atoms with Crippen LogP contribution in [0.2, 0.25) is 0 Å². The van der Waals surface area contributed by atoms with Crippen molar-refractivity contribution < 1.29 is 34.4 Å². The first-order valence-electron chi connectivity index (χ1n) is 15.5. The molecule has 0 aromatic heterocycles. The van der Waals surface area contributed by atoms with Crippen LogP contribution in [0.4, 0.5) is 17.6 Å². The summed E-state index contributed by atoms with van der Waals surface area (Å²) in [5.74, 6) is -2.69. The lowest BCUT2D eigenvalue weighted by molar-refractivity contribution is 0.581. The van der Waals surface area contributed by atoms with Crippen molar-refractivity contribution in [3.8, 4) is 6.07 Å². The first-order valence-corrected chi connectivity index (χ1v) is 19.3. The zero-order valence-corrected chi connectivity index (χ0v) is 30.5. The number of hydrogen-bond acceptors (Lipinski definition) is 5. The second-order valence-electron chi connectivity index (χ2n) is 11.2. The van der Waals surface area contributed by atoms with Crippen molar-refractivity contribution in [2.75, 3.05) is 0 Å². The number of rotatable bonds is 8. The molecule has 0 saturated carbocycles. The van der Waals surface area contributed by atoms with E-state index in [4.69, 9.17) is 0 Å². The number of benzene rings is 6. The van der Waals surface area contributed by atoms with E-state index in [0.29, 0.717) is 15.6 Å². The van der Waals surface area contributed by atoms with Crippen molar-refractivity contribution in [2.24, 2.45) is 0 Å². The Morgan fingerprint density at radius 2 is 0.943 bits per heavy atom. The van der Waals surface area contributed by atoms with Crippen molar-refractivity contribution in [1.82, 2.24) is 0 Å². The molecule has 53 heavy (non-hydrogen) atoms. The normalized spacial score (nSPS) is 11.6. The van der Waals surface area contributed by atoms with E-state index in [0.717, 1.165) is 18.2 Å². The molecule has 0 heterocycles. The van der Waals surface area contributed by atoms with Crippen LogP contribution < -0.4 is 0 Å². The fourth-order valence-corrected chi connectivity index (χ4v) is 8.69. The molecule has 0 fully saturated rings. The molecule has 0 N–H and O–H groups in total. The largest absolute Gasteiger partial charge is 0.218 e. The molecule has 5 nitrogen and oxygen atoms in total. The summed E-state index contributed by atoms with van der Waals surface area (Å²) in [5, 5.41) is 9.37. The fourth-order valence-electron chi connectivity index (χ4n) is 4.91. The van der Waals surface area contributed by atoms with E-state index in [1.165, 1.54) is 85.0 Å². The Labute approximate surface area is 312 Å². The van der Waals surface area contributed by atoms with Crippen molar-refractivity contribution in [2.45, 2.75) is 19.6 Å². The van der Waals surface area contributed by atoms with Gasteiger partial charge in [-0.15, -0.1) is 0 Å². The Balaban J connectivity index is 0.000000204. The van der Waals surface area contributed by atoms with Gasteiger partial charge in [0.05, 0.1) is 25.1 Å². The number of nitriles is 1. The Morgan fingerprint density at radius 1 is 0.509 bits per heavy atom. The van der Waals surface area contributed by atoms with Crippen LogP contribution in [0.15, 0.2) is 158 Å². The van der Waals surface area contributed by atoms with Crippen LogP contribution >= 0.6 is 15.9 Å². The molecule has 0 bridgehead atoms. The van der Waals surface area contributed by atoms with E-state index in [1.807, 2.05) is 6.07 Å². The molecule has 6 aromatic carbocycles. The maximum absolute atomic E-state index is 13.7. The smallest absolute Gasteiger partial charge is 0.207 e. The van der Waals surface area contributed by atoms with Crippen LogP contribution in [0.3, 0.4) is 0 Å². The lowest BCUT2D eigenvalue weighted by atomic mass is 10.1. The zero-order chi connectivity index (χ0) is 38.2. The zero-order valence-electron chi connectivity index (χ0n) is 27.3. The van der Waals surface area contributed by atoms with Crippen LogP contribution in [0, 0.1) is 34.6 Å². The van der Waals surface area contributed by atoms with Crippen LogP contribution in [-0.4, -0.2) is 16.8 Å². The van der Waals surface area contributed by atoms with Gasteiger partial charge in [-0.25, -0.2) is 34.4 Å². The third kappa shape index (κ3) is 9.44. The lowest BCUT2D eigenvalue weighted by Crippen LogP contribution is -2.04. The van der Waals surface area contributed by atoms with E-state index in [9.17, 15) is 39.7 Å². The maximum atomic E-state index is 13.7. The molecular weight excluding hydrogens is 790 g/mol. The highest BCUT2D eigenvalue weighted by Crippen LogP contribution is 2.30. The van der Waals surface area contributed by atoms with Crippen LogP contribution in [0.5, 0.6) is 0 Å². The minimum atomic E-state index is -3.83. The maximum Gasteiger partial charge on any atom is 0.207 e. The van der Waals surface area contributed by atoms with Gasteiger partial charge in [0.15, 0.2) is 0 Å². The van der Waals surface area contributed by atoms with E-state index < -0.39 is 42.9 Å². The molecule has 0 aliphatic carbocycles. The van der Waals surface area contributed by atoms with Crippen LogP contribution in [-0.2, 0) is 19.7 Å². The summed E-state index contributed by atoms with van der Waals surface area (Å²) in [7, 11) is -7.46. The van der Waals surface area contributed by atoms with E-state index in [-0.39, 0.29) is 36.3 Å². The fraction of sp³-hybridized carbons (Fsp3) is 0. The molecular formula is C41H26BrF4NO4S2. The Hall–Kier alpha value is -5.61. The first-order chi connectivity index (χ1) is 25.3. The van der Waals surface area contributed by atoms with Crippen LogP contribution in [0.1, 0.15) is 27.8 Å². The minimum absolute atomic E-state index is 0.0134. The summed E-state index contributed by atoms with van der Waals surface area (Å²) in [5.41, 5.74) is 1.59. The Bertz CT molecular complexity index is 2610. The summed E-state index contributed by atoms with van der Waals surface area (Å²) < 4.78 is 104. The van der Waals surface area contributed by atoms with Gasteiger partial charge >= 0.3 is 0 Å². The van der Waals surface area contributed by atoms with Crippen molar-refractivity contribution in [1.29, 1.82) is 5.26 Å². The third-order valence-electron chi connectivity index (χ3n) is 7.60. The van der Waals surface area contributed by atoms with Gasteiger partial charge in [-0.3, -0.25) is 0 Å². The number of hydrogen-bond donors (Lipinski definition) is 0. The second-order valence-corrected chi connectivity index (χ2v) is 15.9. The van der Waals surface area contributed by atoms with E-state index in [2.05, 4.69) is 15.9 Å². The number of sulfone groups is 2. The highest BCUT2D eigenvalue weighted by Gasteiger charge is 2.22. The molecule has 0 aliphatic heterocycles. The number of halogens is 5. The minimum Gasteiger partial charge on any atom is -0.218 e. The lowest BCUT2D eigenvalue weighted by Gasteiger charge is -2.07. The number of nitrogens with zero attached hydrogens (tertiary/aromatic N) is 1. The van der Waals surface area contributed by atoms with E-state index in [1.54, 1.807) is 54.6 Å². The predicted octanol–water partition coefficient (Wildman–Crippen LogP) is 10.6. The molecule has 0 atom stereocenters. The van der Waals surface area contributed by atoms with Gasteiger partial charge in [0.2, 0.25) is 19.7 Å². The Morgan fingerprint density at radius 3 is 1.38 bits per heavy atom. The SMILES string of the molecule is N#Cc1cc(/C=C/c2ccc(F)cc2F)ccc1S(=O)(=O)c1ccccc1.O=S(=O)(c1ccccc1)c1ccc(C=Cc2ccc(F)cc2F)cc1Br. The second kappa shape index (κ2) is 16.8. The van der Waals surface area contributed by atoms with Gasteiger partial charge < -0.3 is 0 Å². The molecule has 0 spiro atoms. The quantitative estimate of drug-likeness (QED) is 0.113. The first kappa shape index (κ1) is 38.6. The molecule has 6 rings (SSSR count). The van der Waals surface area contributed by atoms with Crippen molar-refractivity contribution in [3.63, 3.8) is 0 Å². The predicted molar refractivity (Wildman–Crippen MR) is 200 cm³/mol. The summed E-state index contributed by atoms with van der Waals surface area (Å²) >= 11 is 3.29. The monoisotopic (exact) mass is 815 g/mol. The van der Waals surface area contributed by atoms with Crippen molar-refractivity contribution >= 4 is 59.9 Å². The topological polar surface area (TPSA) is 92.1 Å². The third-order valence-corrected chi connectivity index (χ3v) is 12.2. The Kier molecular flexibility index (Phi) is 12.3. The molecule has 0 amide bonds. The molecule has 0 unspecified atom stereocenters. The van der Waals surface area contributed by atoms with Gasteiger partial charge in [-0.05, 0) is 99.9 Å². The molecule has 12 heteroatoms. The van der Waals surface area contributed by atoms with Gasteiger partial charge in [-0.1, -0.05) is 72.8 Å². The summed E-state index contributed by atoms with van der Waals surface area (Å²) in [4.78, 5) is 0.352. The van der Waals surface area contributed by atoms with Gasteiger partial charge in [0.1, 0.15) is 29.3 Å². The average Bonchev–Trinajstić information content (AvgIpc) is 3.15. The van der Waals surface area contributed by atoms with Crippen molar-refractivity contribution in [3.05, 3.63) is 189 Å². The standard InChI is InChI=1S/C21H13F2NO2S.C20H13BrF2O2S/c22-18-10-9-16(20(23)13-18)8-6-15-7-11-21(17(12-15)14-24)27(25,26)19-4-2-1-3-5-19;21-18-12-14(6-8-15-9-10-16(22)13-19(15)23)7-11-20(18)26(24,25)17-4-2-1-3-5-17/h1-13H;1-13H/b8-6+;. The summed E-state index contributed by atoms with van der Waals surface area (Å²) in [6, 6.07) is 33.4. The molecule has 0 radical (unpaired) electrons. The van der Waals surface area contributed by atoms with Crippen LogP contribution in [0.25, 0.3) is 24.3 Å². The highest BCUT2D eigenvalue weighted by atomic mass is 79.9.